The smallest absolute Gasteiger partial charge is 0.309 e. The molecule has 2 nitrogen and oxygen atoms in total. The minimum absolute atomic E-state index is 0.141. The molecule has 0 heterocycles. The third-order valence-corrected chi connectivity index (χ3v) is 9.04. The number of hydrogen-bond acceptors (Lipinski definition) is 2. The molecule has 3 fully saturated rings. The zero-order valence-electron chi connectivity index (χ0n) is 20.4. The van der Waals surface area contributed by atoms with Gasteiger partial charge in [-0.05, 0) is 93.8 Å². The zero-order chi connectivity index (χ0) is 21.3. The van der Waals surface area contributed by atoms with Crippen molar-refractivity contribution in [3.05, 3.63) is 0 Å². The van der Waals surface area contributed by atoms with Crippen molar-refractivity contribution < 1.29 is 9.53 Å². The summed E-state index contributed by atoms with van der Waals surface area (Å²) in [7, 11) is 0. The molecule has 174 valence electrons. The topological polar surface area (TPSA) is 26.3 Å². The van der Waals surface area contributed by atoms with Crippen LogP contribution >= 0.6 is 0 Å². The van der Waals surface area contributed by atoms with Gasteiger partial charge in [0.25, 0.3) is 0 Å². The molecular formula is C28H50O2. The summed E-state index contributed by atoms with van der Waals surface area (Å²) in [5.74, 6) is 4.86. The van der Waals surface area contributed by atoms with Crippen LogP contribution in [0.3, 0.4) is 0 Å². The Balaban J connectivity index is 1.34. The maximum Gasteiger partial charge on any atom is 0.309 e. The van der Waals surface area contributed by atoms with Gasteiger partial charge in [0.05, 0.1) is 5.92 Å². The summed E-state index contributed by atoms with van der Waals surface area (Å²) in [5, 5.41) is 0. The van der Waals surface area contributed by atoms with E-state index in [1.807, 2.05) is 0 Å². The predicted octanol–water partition coefficient (Wildman–Crippen LogP) is 8.33. The van der Waals surface area contributed by atoms with Gasteiger partial charge in [0.2, 0.25) is 0 Å². The van der Waals surface area contributed by atoms with Gasteiger partial charge in [0.1, 0.15) is 6.10 Å². The largest absolute Gasteiger partial charge is 0.462 e. The first-order valence-corrected chi connectivity index (χ1v) is 13.8. The number of unbranched alkanes of at least 4 members (excludes halogenated alkanes) is 2. The fourth-order valence-electron chi connectivity index (χ4n) is 7.17. The Labute approximate surface area is 187 Å². The summed E-state index contributed by atoms with van der Waals surface area (Å²) in [6, 6.07) is 0. The van der Waals surface area contributed by atoms with Gasteiger partial charge in [-0.3, -0.25) is 4.79 Å². The van der Waals surface area contributed by atoms with Gasteiger partial charge in [0, 0.05) is 0 Å². The van der Waals surface area contributed by atoms with Crippen molar-refractivity contribution in [3.63, 3.8) is 0 Å². The predicted molar refractivity (Wildman–Crippen MR) is 126 cm³/mol. The van der Waals surface area contributed by atoms with Crippen LogP contribution in [0, 0.1) is 35.5 Å². The SMILES string of the molecule is CCCCCC1CCC(OC(=O)[C@H]2CC[C@H]([C@@H]3CC[C@H](CCC)C[C@H]3C)CC2)CC1. The molecule has 0 amide bonds. The molecule has 0 aromatic heterocycles. The average Bonchev–Trinajstić information content (AvgIpc) is 2.76. The van der Waals surface area contributed by atoms with Crippen LogP contribution < -0.4 is 0 Å². The molecule has 3 aliphatic rings. The highest BCUT2D eigenvalue weighted by atomic mass is 16.5. The van der Waals surface area contributed by atoms with Crippen molar-refractivity contribution in [1.82, 2.24) is 0 Å². The van der Waals surface area contributed by atoms with Crippen molar-refractivity contribution in [2.45, 2.75) is 136 Å². The first-order valence-electron chi connectivity index (χ1n) is 13.8. The number of carbonyl (C=O) groups excluding carboxylic acids is 1. The van der Waals surface area contributed by atoms with Crippen LogP contribution in [-0.2, 0) is 9.53 Å². The maximum absolute atomic E-state index is 12.8. The van der Waals surface area contributed by atoms with E-state index in [2.05, 4.69) is 20.8 Å². The molecule has 0 saturated heterocycles. The highest BCUT2D eigenvalue weighted by Gasteiger charge is 2.37. The Kier molecular flexibility index (Phi) is 10.0. The lowest BCUT2D eigenvalue weighted by Crippen LogP contribution is -2.34. The Bertz CT molecular complexity index is 485. The van der Waals surface area contributed by atoms with Crippen LogP contribution in [-0.4, -0.2) is 12.1 Å². The maximum atomic E-state index is 12.8. The third-order valence-electron chi connectivity index (χ3n) is 9.04. The first-order chi connectivity index (χ1) is 14.6. The number of carbonyl (C=O) groups is 1. The number of rotatable bonds is 9. The van der Waals surface area contributed by atoms with E-state index in [4.69, 9.17) is 4.74 Å². The normalized spacial score (nSPS) is 37.6. The fraction of sp³-hybridized carbons (Fsp3) is 0.964. The molecule has 3 aliphatic carbocycles. The van der Waals surface area contributed by atoms with E-state index in [1.165, 1.54) is 83.5 Å². The molecule has 0 aromatic rings. The molecule has 30 heavy (non-hydrogen) atoms. The van der Waals surface area contributed by atoms with Gasteiger partial charge < -0.3 is 4.74 Å². The summed E-state index contributed by atoms with van der Waals surface area (Å²) in [6.45, 7) is 7.12. The average molecular weight is 419 g/mol. The summed E-state index contributed by atoms with van der Waals surface area (Å²) in [4.78, 5) is 12.8. The molecule has 3 atom stereocenters. The molecule has 0 unspecified atom stereocenters. The summed E-state index contributed by atoms with van der Waals surface area (Å²) < 4.78 is 6.01. The Morgan fingerprint density at radius 1 is 0.767 bits per heavy atom. The highest BCUT2D eigenvalue weighted by molar-refractivity contribution is 5.72. The Hall–Kier alpha value is -0.530. The van der Waals surface area contributed by atoms with Crippen molar-refractivity contribution in [2.24, 2.45) is 35.5 Å². The number of ether oxygens (including phenoxy) is 1. The van der Waals surface area contributed by atoms with E-state index in [0.29, 0.717) is 0 Å². The lowest BCUT2D eigenvalue weighted by atomic mass is 9.64. The van der Waals surface area contributed by atoms with Crippen LogP contribution in [0.15, 0.2) is 0 Å². The summed E-state index contributed by atoms with van der Waals surface area (Å²) >= 11 is 0. The van der Waals surface area contributed by atoms with Gasteiger partial charge in [-0.25, -0.2) is 0 Å². The monoisotopic (exact) mass is 418 g/mol. The Morgan fingerprint density at radius 2 is 1.47 bits per heavy atom. The second-order valence-electron chi connectivity index (χ2n) is 11.3. The molecule has 0 bridgehead atoms. The third kappa shape index (κ3) is 6.99. The van der Waals surface area contributed by atoms with Crippen LogP contribution in [0.4, 0.5) is 0 Å². The molecule has 0 aromatic carbocycles. The Morgan fingerprint density at radius 3 is 2.10 bits per heavy atom. The second-order valence-corrected chi connectivity index (χ2v) is 11.3. The molecule has 3 rings (SSSR count). The van der Waals surface area contributed by atoms with Crippen LogP contribution in [0.5, 0.6) is 0 Å². The van der Waals surface area contributed by atoms with Crippen LogP contribution in [0.2, 0.25) is 0 Å². The molecule has 0 radical (unpaired) electrons. The van der Waals surface area contributed by atoms with E-state index in [9.17, 15) is 4.79 Å². The number of esters is 1. The fourth-order valence-corrected chi connectivity index (χ4v) is 7.17. The van der Waals surface area contributed by atoms with Crippen LogP contribution in [0.25, 0.3) is 0 Å². The zero-order valence-corrected chi connectivity index (χ0v) is 20.4. The first kappa shape index (κ1) is 24.1. The van der Waals surface area contributed by atoms with Gasteiger partial charge in [-0.1, -0.05) is 65.7 Å². The molecule has 2 heteroatoms. The summed E-state index contributed by atoms with van der Waals surface area (Å²) in [6.07, 6.45) is 22.2. The van der Waals surface area contributed by atoms with Crippen molar-refractivity contribution in [3.8, 4) is 0 Å². The lowest BCUT2D eigenvalue weighted by molar-refractivity contribution is -0.157. The lowest BCUT2D eigenvalue weighted by Gasteiger charge is -2.41. The van der Waals surface area contributed by atoms with E-state index in [1.54, 1.807) is 0 Å². The van der Waals surface area contributed by atoms with E-state index in [0.717, 1.165) is 55.3 Å². The van der Waals surface area contributed by atoms with E-state index < -0.39 is 0 Å². The minimum Gasteiger partial charge on any atom is -0.462 e. The van der Waals surface area contributed by atoms with Crippen molar-refractivity contribution in [1.29, 1.82) is 0 Å². The van der Waals surface area contributed by atoms with Crippen LogP contribution in [0.1, 0.15) is 130 Å². The van der Waals surface area contributed by atoms with Gasteiger partial charge in [-0.2, -0.15) is 0 Å². The molecule has 0 spiro atoms. The minimum atomic E-state index is 0.141. The summed E-state index contributed by atoms with van der Waals surface area (Å²) in [5.41, 5.74) is 0. The van der Waals surface area contributed by atoms with E-state index >= 15 is 0 Å². The standard InChI is InChI=1S/C28H50O2/c1-4-6-7-9-22-10-17-26(18-11-22)30-28(29)25-15-13-24(14-16-25)27-19-12-23(8-5-2)20-21(27)3/h21-27H,4-20H2,1-3H3/t21-,22?,23+,24-,25-,26?,27-/m1/s1. The molecule has 3 saturated carbocycles. The second kappa shape index (κ2) is 12.5. The highest BCUT2D eigenvalue weighted by Crippen LogP contribution is 2.45. The van der Waals surface area contributed by atoms with Crippen molar-refractivity contribution in [2.75, 3.05) is 0 Å². The molecular weight excluding hydrogens is 368 g/mol. The molecule has 0 N–H and O–H groups in total. The van der Waals surface area contributed by atoms with Crippen molar-refractivity contribution >= 4 is 5.97 Å². The van der Waals surface area contributed by atoms with Gasteiger partial charge in [0.15, 0.2) is 0 Å². The number of hydrogen-bond donors (Lipinski definition) is 0. The van der Waals surface area contributed by atoms with E-state index in [-0.39, 0.29) is 18.0 Å². The van der Waals surface area contributed by atoms with Gasteiger partial charge in [-0.15, -0.1) is 0 Å². The molecule has 0 aliphatic heterocycles. The quantitative estimate of drug-likeness (QED) is 0.278. The van der Waals surface area contributed by atoms with Gasteiger partial charge >= 0.3 is 5.97 Å².